The third kappa shape index (κ3) is 4.49. The second-order valence-electron chi connectivity index (χ2n) is 4.42. The molecule has 0 heterocycles. The highest BCUT2D eigenvalue weighted by Gasteiger charge is 2.29. The summed E-state index contributed by atoms with van der Waals surface area (Å²) in [7, 11) is 0. The Balaban J connectivity index is 4.47. The van der Waals surface area contributed by atoms with Crippen LogP contribution in [0.25, 0.3) is 0 Å². The maximum atomic E-state index is 12.0. The molecule has 0 rings (SSSR count). The lowest BCUT2D eigenvalue weighted by Crippen LogP contribution is -2.28. The molecule has 0 radical (unpaired) electrons. The molecule has 0 aromatic rings. The number of carbonyl (C=O) groups is 2. The summed E-state index contributed by atoms with van der Waals surface area (Å²) in [5.41, 5.74) is 0. The van der Waals surface area contributed by atoms with Crippen molar-refractivity contribution < 1.29 is 18.4 Å². The summed E-state index contributed by atoms with van der Waals surface area (Å²) in [5, 5.41) is 0. The molecule has 0 N–H and O–H groups in total. The second-order valence-corrected chi connectivity index (χ2v) is 4.42. The number of hydrogen-bond acceptors (Lipinski definition) is 2. The minimum absolute atomic E-state index is 0.0722. The summed E-state index contributed by atoms with van der Waals surface area (Å²) >= 11 is 0. The van der Waals surface area contributed by atoms with Crippen LogP contribution in [0.4, 0.5) is 8.78 Å². The van der Waals surface area contributed by atoms with Gasteiger partial charge in [0.05, 0.1) is 6.42 Å². The molecule has 15 heavy (non-hydrogen) atoms. The first kappa shape index (κ1) is 14.2. The maximum Gasteiger partial charge on any atom is 0.296 e. The van der Waals surface area contributed by atoms with Gasteiger partial charge in [0.15, 0.2) is 0 Å². The average molecular weight is 220 g/mol. The molecule has 4 heteroatoms. The lowest BCUT2D eigenvalue weighted by molar-refractivity contribution is -0.136. The number of ketones is 2. The number of Topliss-reactive ketones (excluding diaryl/α,β-unsaturated/α-hetero) is 2. The number of alkyl halides is 2. The minimum Gasteiger partial charge on any atom is -0.299 e. The Hall–Kier alpha value is -0.800. The molecule has 0 aliphatic carbocycles. The van der Waals surface area contributed by atoms with Gasteiger partial charge in [0, 0.05) is 5.92 Å². The third-order valence-electron chi connectivity index (χ3n) is 2.40. The SMILES string of the molecule is CC(C)C(C(=O)CC(=O)C(F)F)C(C)C. The van der Waals surface area contributed by atoms with Crippen molar-refractivity contribution in [1.29, 1.82) is 0 Å². The van der Waals surface area contributed by atoms with Gasteiger partial charge in [0.2, 0.25) is 5.78 Å². The van der Waals surface area contributed by atoms with Gasteiger partial charge in [-0.1, -0.05) is 27.7 Å². The summed E-state index contributed by atoms with van der Waals surface area (Å²) in [4.78, 5) is 22.3. The predicted molar refractivity (Wildman–Crippen MR) is 53.8 cm³/mol. The van der Waals surface area contributed by atoms with E-state index in [2.05, 4.69) is 0 Å². The van der Waals surface area contributed by atoms with Crippen molar-refractivity contribution in [1.82, 2.24) is 0 Å². The molecule has 0 atom stereocenters. The summed E-state index contributed by atoms with van der Waals surface area (Å²) < 4.78 is 23.9. The van der Waals surface area contributed by atoms with Crippen molar-refractivity contribution in [3.63, 3.8) is 0 Å². The zero-order valence-electron chi connectivity index (χ0n) is 9.59. The molecular weight excluding hydrogens is 202 g/mol. The van der Waals surface area contributed by atoms with Gasteiger partial charge in [-0.05, 0) is 11.8 Å². The van der Waals surface area contributed by atoms with Crippen molar-refractivity contribution in [3.8, 4) is 0 Å². The van der Waals surface area contributed by atoms with E-state index in [1.807, 2.05) is 27.7 Å². The molecular formula is C11H18F2O2. The first-order valence-electron chi connectivity index (χ1n) is 5.11. The first-order valence-corrected chi connectivity index (χ1v) is 5.11. The highest BCUT2D eigenvalue weighted by atomic mass is 19.3. The van der Waals surface area contributed by atoms with E-state index in [1.54, 1.807) is 0 Å². The Bertz CT molecular complexity index is 227. The van der Waals surface area contributed by atoms with Crippen LogP contribution in [0.2, 0.25) is 0 Å². The van der Waals surface area contributed by atoms with E-state index in [0.717, 1.165) is 0 Å². The summed E-state index contributed by atoms with van der Waals surface area (Å²) in [6, 6.07) is 0. The highest BCUT2D eigenvalue weighted by molar-refractivity contribution is 6.01. The Morgan fingerprint density at radius 1 is 0.933 bits per heavy atom. The molecule has 0 saturated carbocycles. The Morgan fingerprint density at radius 2 is 1.33 bits per heavy atom. The van der Waals surface area contributed by atoms with E-state index in [1.165, 1.54) is 0 Å². The van der Waals surface area contributed by atoms with Crippen LogP contribution in [0.15, 0.2) is 0 Å². The molecule has 88 valence electrons. The van der Waals surface area contributed by atoms with Gasteiger partial charge < -0.3 is 0 Å². The fourth-order valence-electron chi connectivity index (χ4n) is 1.88. The Labute approximate surface area is 89.0 Å². The van der Waals surface area contributed by atoms with Crippen LogP contribution in [0, 0.1) is 17.8 Å². The second kappa shape index (κ2) is 5.93. The van der Waals surface area contributed by atoms with E-state index >= 15 is 0 Å². The third-order valence-corrected chi connectivity index (χ3v) is 2.40. The van der Waals surface area contributed by atoms with Gasteiger partial charge >= 0.3 is 0 Å². The molecule has 0 aliphatic heterocycles. The van der Waals surface area contributed by atoms with Gasteiger partial charge in [-0.25, -0.2) is 8.78 Å². The van der Waals surface area contributed by atoms with Crippen LogP contribution in [0.1, 0.15) is 34.1 Å². The molecule has 0 amide bonds. The van der Waals surface area contributed by atoms with E-state index < -0.39 is 18.6 Å². The number of rotatable bonds is 6. The number of hydrogen-bond donors (Lipinski definition) is 0. The fourth-order valence-corrected chi connectivity index (χ4v) is 1.88. The quantitative estimate of drug-likeness (QED) is 0.645. The van der Waals surface area contributed by atoms with Gasteiger partial charge in [0.25, 0.3) is 6.43 Å². The van der Waals surface area contributed by atoms with Crippen molar-refractivity contribution in [2.75, 3.05) is 0 Å². The predicted octanol–water partition coefficient (Wildman–Crippen LogP) is 2.71. The number of carbonyl (C=O) groups excluding carboxylic acids is 2. The molecule has 0 fully saturated rings. The maximum absolute atomic E-state index is 12.0. The zero-order valence-corrected chi connectivity index (χ0v) is 9.59. The van der Waals surface area contributed by atoms with Gasteiger partial charge in [-0.3, -0.25) is 9.59 Å². The first-order chi connectivity index (χ1) is 6.77. The molecule has 0 aliphatic rings. The molecule has 0 saturated heterocycles. The molecule has 0 aromatic heterocycles. The smallest absolute Gasteiger partial charge is 0.296 e. The normalized spacial score (nSPS) is 11.9. The Kier molecular flexibility index (Phi) is 5.61. The minimum atomic E-state index is -3.03. The van der Waals surface area contributed by atoms with E-state index in [9.17, 15) is 18.4 Å². The van der Waals surface area contributed by atoms with Crippen molar-refractivity contribution >= 4 is 11.6 Å². The van der Waals surface area contributed by atoms with E-state index in [4.69, 9.17) is 0 Å². The molecule has 0 aromatic carbocycles. The van der Waals surface area contributed by atoms with Crippen LogP contribution >= 0.6 is 0 Å². The molecule has 2 nitrogen and oxygen atoms in total. The summed E-state index contributed by atoms with van der Waals surface area (Å²) in [6.45, 7) is 7.43. The van der Waals surface area contributed by atoms with Gasteiger partial charge in [0.1, 0.15) is 5.78 Å². The average Bonchev–Trinajstić information content (AvgIpc) is 2.01. The lowest BCUT2D eigenvalue weighted by atomic mass is 9.81. The fraction of sp³-hybridized carbons (Fsp3) is 0.818. The van der Waals surface area contributed by atoms with E-state index in [-0.39, 0.29) is 23.5 Å². The monoisotopic (exact) mass is 220 g/mol. The van der Waals surface area contributed by atoms with Crippen LogP contribution in [-0.4, -0.2) is 18.0 Å². The summed E-state index contributed by atoms with van der Waals surface area (Å²) in [6.07, 6.45) is -3.67. The standard InChI is InChI=1S/C11H18F2O2/c1-6(2)10(7(3)4)8(14)5-9(15)11(12)13/h6-7,10-11H,5H2,1-4H3. The van der Waals surface area contributed by atoms with Crippen molar-refractivity contribution in [2.45, 2.75) is 40.5 Å². The lowest BCUT2D eigenvalue weighted by Gasteiger charge is -2.22. The highest BCUT2D eigenvalue weighted by Crippen LogP contribution is 2.23. The van der Waals surface area contributed by atoms with Crippen molar-refractivity contribution in [2.24, 2.45) is 17.8 Å². The molecule has 0 spiro atoms. The van der Waals surface area contributed by atoms with Crippen LogP contribution in [0.5, 0.6) is 0 Å². The van der Waals surface area contributed by atoms with Crippen LogP contribution < -0.4 is 0 Å². The van der Waals surface area contributed by atoms with Gasteiger partial charge in [-0.15, -0.1) is 0 Å². The van der Waals surface area contributed by atoms with E-state index in [0.29, 0.717) is 0 Å². The number of halogens is 2. The Morgan fingerprint density at radius 3 is 1.60 bits per heavy atom. The zero-order chi connectivity index (χ0) is 12.2. The topological polar surface area (TPSA) is 34.1 Å². The summed E-state index contributed by atoms with van der Waals surface area (Å²) in [5.74, 6) is -1.81. The largest absolute Gasteiger partial charge is 0.299 e. The van der Waals surface area contributed by atoms with Crippen LogP contribution in [0.3, 0.4) is 0 Å². The van der Waals surface area contributed by atoms with Crippen molar-refractivity contribution in [3.05, 3.63) is 0 Å². The molecule has 0 bridgehead atoms. The van der Waals surface area contributed by atoms with Crippen LogP contribution in [-0.2, 0) is 9.59 Å². The molecule has 0 unspecified atom stereocenters. The van der Waals surface area contributed by atoms with Gasteiger partial charge in [-0.2, -0.15) is 0 Å².